The fourth-order valence-electron chi connectivity index (χ4n) is 1.22. The molecule has 0 spiro atoms. The first-order chi connectivity index (χ1) is 6.90. The summed E-state index contributed by atoms with van der Waals surface area (Å²) in [6.45, 7) is 0.102. The van der Waals surface area contributed by atoms with Crippen molar-refractivity contribution in [3.8, 4) is 11.8 Å². The Morgan fingerprint density at radius 3 is 3.29 bits per heavy atom. The summed E-state index contributed by atoms with van der Waals surface area (Å²) in [6, 6.07) is 3.87. The zero-order chi connectivity index (χ0) is 9.80. The van der Waals surface area contributed by atoms with E-state index in [1.54, 1.807) is 6.20 Å². The predicted octanol–water partition coefficient (Wildman–Crippen LogP) is 1.30. The van der Waals surface area contributed by atoms with E-state index in [4.69, 9.17) is 5.11 Å². The van der Waals surface area contributed by atoms with Crippen molar-refractivity contribution in [2.24, 2.45) is 0 Å². The van der Waals surface area contributed by atoms with Crippen LogP contribution >= 0.6 is 0 Å². The second-order valence-electron chi connectivity index (χ2n) is 2.91. The van der Waals surface area contributed by atoms with Crippen LogP contribution in [-0.2, 0) is 0 Å². The van der Waals surface area contributed by atoms with Gasteiger partial charge in [-0.1, -0.05) is 11.8 Å². The van der Waals surface area contributed by atoms with Gasteiger partial charge in [0.05, 0.1) is 17.6 Å². The number of nitrogens with one attached hydrogen (secondary N) is 1. The number of aromatic amines is 1. The van der Waals surface area contributed by atoms with Crippen molar-refractivity contribution in [2.75, 3.05) is 6.61 Å². The number of pyridine rings is 1. The number of hydrogen-bond donors (Lipinski definition) is 2. The predicted molar refractivity (Wildman–Crippen MR) is 54.7 cm³/mol. The van der Waals surface area contributed by atoms with Crippen LogP contribution in [0.4, 0.5) is 0 Å². The molecular weight excluding hydrogens is 176 g/mol. The molecule has 2 N–H and O–H groups in total. The van der Waals surface area contributed by atoms with Crippen LogP contribution in [0.5, 0.6) is 0 Å². The van der Waals surface area contributed by atoms with Gasteiger partial charge in [-0.05, 0) is 12.1 Å². The first-order valence-electron chi connectivity index (χ1n) is 4.43. The number of aromatic nitrogens is 2. The van der Waals surface area contributed by atoms with Gasteiger partial charge in [-0.2, -0.15) is 0 Å². The lowest BCUT2D eigenvalue weighted by molar-refractivity contribution is 0.305. The zero-order valence-corrected chi connectivity index (χ0v) is 7.62. The molecule has 2 heterocycles. The maximum atomic E-state index is 8.56. The second kappa shape index (κ2) is 3.95. The van der Waals surface area contributed by atoms with Gasteiger partial charge in [-0.25, -0.2) is 0 Å². The number of aliphatic hydroxyl groups is 1. The average molecular weight is 186 g/mol. The molecule has 0 saturated carbocycles. The number of rotatable bonds is 1. The molecule has 0 bridgehead atoms. The number of nitrogens with zero attached hydrogens (tertiary/aromatic N) is 1. The lowest BCUT2D eigenvalue weighted by Crippen LogP contribution is -1.80. The quantitative estimate of drug-likeness (QED) is 0.659. The minimum atomic E-state index is 0.102. The lowest BCUT2D eigenvalue weighted by atomic mass is 10.2. The van der Waals surface area contributed by atoms with E-state index in [9.17, 15) is 0 Å². The molecule has 0 aliphatic carbocycles. The summed E-state index contributed by atoms with van der Waals surface area (Å²) in [5.41, 5.74) is 2.80. The van der Waals surface area contributed by atoms with Gasteiger partial charge in [-0.3, -0.25) is 4.98 Å². The molecule has 3 heteroatoms. The molecule has 3 nitrogen and oxygen atoms in total. The van der Waals surface area contributed by atoms with E-state index in [2.05, 4.69) is 21.8 Å². The summed E-state index contributed by atoms with van der Waals surface area (Å²) in [5, 5.41) is 8.56. The summed E-state index contributed by atoms with van der Waals surface area (Å²) in [6.07, 6.45) is 4.09. The molecule has 70 valence electrons. The number of aliphatic hydroxyl groups excluding tert-OH is 1. The van der Waals surface area contributed by atoms with Gasteiger partial charge >= 0.3 is 0 Å². The monoisotopic (exact) mass is 186 g/mol. The molecule has 0 radical (unpaired) electrons. The van der Waals surface area contributed by atoms with Crippen molar-refractivity contribution < 1.29 is 5.11 Å². The number of H-pyrrole nitrogens is 1. The van der Waals surface area contributed by atoms with Gasteiger partial charge in [0.25, 0.3) is 0 Å². The van der Waals surface area contributed by atoms with Gasteiger partial charge in [0.15, 0.2) is 0 Å². The molecule has 2 aromatic heterocycles. The van der Waals surface area contributed by atoms with Crippen LogP contribution in [-0.4, -0.2) is 21.7 Å². The summed E-state index contributed by atoms with van der Waals surface area (Å²) in [5.74, 6) is 5.79. The Kier molecular flexibility index (Phi) is 2.48. The summed E-state index contributed by atoms with van der Waals surface area (Å²) in [4.78, 5) is 7.29. The van der Waals surface area contributed by atoms with Crippen molar-refractivity contribution in [3.63, 3.8) is 0 Å². The molecule has 0 aliphatic heterocycles. The van der Waals surface area contributed by atoms with Gasteiger partial charge in [0, 0.05) is 24.4 Å². The highest BCUT2D eigenvalue weighted by Crippen LogP contribution is 2.09. The van der Waals surface area contributed by atoms with Gasteiger partial charge in [-0.15, -0.1) is 0 Å². The second-order valence-corrected chi connectivity index (χ2v) is 2.91. The molecule has 0 amide bonds. The minimum absolute atomic E-state index is 0.102. The van der Waals surface area contributed by atoms with Crippen molar-refractivity contribution in [1.29, 1.82) is 0 Å². The highest BCUT2D eigenvalue weighted by Gasteiger charge is 1.94. The third-order valence-electron chi connectivity index (χ3n) is 1.87. The molecular formula is C11H10N2O. The number of hydrogen-bond acceptors (Lipinski definition) is 2. The van der Waals surface area contributed by atoms with Crippen LogP contribution in [0.25, 0.3) is 11.0 Å². The molecule has 0 fully saturated rings. The number of fused-ring (bicyclic) bond motifs is 1. The van der Waals surface area contributed by atoms with Crippen LogP contribution in [0, 0.1) is 11.8 Å². The molecule has 0 unspecified atom stereocenters. The van der Waals surface area contributed by atoms with Crippen LogP contribution in [0.2, 0.25) is 0 Å². The van der Waals surface area contributed by atoms with Crippen LogP contribution < -0.4 is 0 Å². The largest absolute Gasteiger partial charge is 0.395 e. The van der Waals surface area contributed by atoms with E-state index in [1.165, 1.54) is 0 Å². The van der Waals surface area contributed by atoms with Crippen molar-refractivity contribution in [2.45, 2.75) is 6.42 Å². The Labute approximate surface area is 81.8 Å². The van der Waals surface area contributed by atoms with E-state index in [0.29, 0.717) is 6.42 Å². The van der Waals surface area contributed by atoms with E-state index in [-0.39, 0.29) is 6.61 Å². The van der Waals surface area contributed by atoms with Crippen LogP contribution in [0.15, 0.2) is 24.5 Å². The highest BCUT2D eigenvalue weighted by atomic mass is 16.2. The first-order valence-corrected chi connectivity index (χ1v) is 4.43. The Morgan fingerprint density at radius 2 is 2.43 bits per heavy atom. The topological polar surface area (TPSA) is 48.9 Å². The van der Waals surface area contributed by atoms with E-state index in [1.807, 2.05) is 18.3 Å². The first kappa shape index (κ1) is 8.79. The van der Waals surface area contributed by atoms with Crippen LogP contribution in [0.1, 0.15) is 12.0 Å². The summed E-state index contributed by atoms with van der Waals surface area (Å²) < 4.78 is 0. The van der Waals surface area contributed by atoms with E-state index in [0.717, 1.165) is 16.6 Å². The average Bonchev–Trinajstić information content (AvgIpc) is 2.65. The molecule has 0 aromatic carbocycles. The molecule has 2 aromatic rings. The Balaban J connectivity index is 2.31. The Morgan fingerprint density at radius 1 is 1.50 bits per heavy atom. The standard InChI is InChI=1S/C11H10N2O/c14-6-2-1-3-9-7-11-10(13-8-9)4-5-12-11/h4-5,7-8,12,14H,2,6H2. The Hall–Kier alpha value is -1.79. The molecule has 0 aliphatic rings. The zero-order valence-electron chi connectivity index (χ0n) is 7.62. The molecule has 14 heavy (non-hydrogen) atoms. The van der Waals surface area contributed by atoms with Gasteiger partial charge < -0.3 is 10.1 Å². The fraction of sp³-hybridized carbons (Fsp3) is 0.182. The van der Waals surface area contributed by atoms with Crippen molar-refractivity contribution in [3.05, 3.63) is 30.1 Å². The fourth-order valence-corrected chi connectivity index (χ4v) is 1.22. The van der Waals surface area contributed by atoms with Crippen LogP contribution in [0.3, 0.4) is 0 Å². The smallest absolute Gasteiger partial charge is 0.0879 e. The Bertz CT molecular complexity index is 490. The maximum Gasteiger partial charge on any atom is 0.0879 e. The SMILES string of the molecule is OCCC#Cc1cnc2cc[nH]c2c1. The molecule has 0 atom stereocenters. The van der Waals surface area contributed by atoms with Crippen molar-refractivity contribution in [1.82, 2.24) is 9.97 Å². The summed E-state index contributed by atoms with van der Waals surface area (Å²) >= 11 is 0. The normalized spacial score (nSPS) is 9.79. The van der Waals surface area contributed by atoms with E-state index >= 15 is 0 Å². The lowest BCUT2D eigenvalue weighted by Gasteiger charge is -1.90. The third-order valence-corrected chi connectivity index (χ3v) is 1.87. The maximum absolute atomic E-state index is 8.56. The highest BCUT2D eigenvalue weighted by molar-refractivity contribution is 5.75. The minimum Gasteiger partial charge on any atom is -0.395 e. The summed E-state index contributed by atoms with van der Waals surface area (Å²) in [7, 11) is 0. The van der Waals surface area contributed by atoms with E-state index < -0.39 is 0 Å². The van der Waals surface area contributed by atoms with Gasteiger partial charge in [0.2, 0.25) is 0 Å². The molecule has 2 rings (SSSR count). The van der Waals surface area contributed by atoms with Crippen molar-refractivity contribution >= 4 is 11.0 Å². The molecule has 0 saturated heterocycles. The third kappa shape index (κ3) is 1.76. The van der Waals surface area contributed by atoms with Gasteiger partial charge in [0.1, 0.15) is 0 Å².